The Balaban J connectivity index is 0.000000810. The number of benzene rings is 1. The zero-order valence-corrected chi connectivity index (χ0v) is 8.07. The molecular formula is C6H5Cl3S. The monoisotopic (exact) mass is 214 g/mol. The van der Waals surface area contributed by atoms with E-state index < -0.39 is 0 Å². The highest BCUT2D eigenvalue weighted by Gasteiger charge is 1.93. The number of thiol groups is 1. The summed E-state index contributed by atoms with van der Waals surface area (Å²) in [5.41, 5.74) is 0. The molecule has 0 unspecified atom stereocenters. The van der Waals surface area contributed by atoms with Crippen LogP contribution in [0.2, 0.25) is 10.0 Å². The van der Waals surface area contributed by atoms with Crippen LogP contribution in [0, 0.1) is 0 Å². The van der Waals surface area contributed by atoms with Gasteiger partial charge in [-0.2, -0.15) is 0 Å². The van der Waals surface area contributed by atoms with Gasteiger partial charge in [0.1, 0.15) is 0 Å². The summed E-state index contributed by atoms with van der Waals surface area (Å²) in [6, 6.07) is 5.16. The Hall–Kier alpha value is 0.440. The van der Waals surface area contributed by atoms with Gasteiger partial charge in [-0.15, -0.1) is 25.0 Å². The maximum atomic E-state index is 5.65. The average molecular weight is 216 g/mol. The van der Waals surface area contributed by atoms with Gasteiger partial charge in [0.25, 0.3) is 0 Å². The Morgan fingerprint density at radius 1 is 1.20 bits per heavy atom. The van der Waals surface area contributed by atoms with Crippen molar-refractivity contribution in [3.05, 3.63) is 28.2 Å². The molecule has 0 amide bonds. The third-order valence-corrected chi connectivity index (χ3v) is 1.98. The molecule has 0 nitrogen and oxygen atoms in total. The SMILES string of the molecule is Cl.Sc1ccc(Cl)cc1Cl. The average Bonchev–Trinajstić information content (AvgIpc) is 1.80. The summed E-state index contributed by atoms with van der Waals surface area (Å²) in [6.07, 6.45) is 0. The van der Waals surface area contributed by atoms with Crippen molar-refractivity contribution in [2.24, 2.45) is 0 Å². The van der Waals surface area contributed by atoms with Crippen molar-refractivity contribution < 1.29 is 0 Å². The van der Waals surface area contributed by atoms with Gasteiger partial charge in [-0.3, -0.25) is 0 Å². The molecule has 0 fully saturated rings. The summed E-state index contributed by atoms with van der Waals surface area (Å²) in [7, 11) is 0. The van der Waals surface area contributed by atoms with Gasteiger partial charge in [0.2, 0.25) is 0 Å². The number of rotatable bonds is 0. The van der Waals surface area contributed by atoms with Crippen molar-refractivity contribution in [2.75, 3.05) is 0 Å². The highest BCUT2D eigenvalue weighted by Crippen LogP contribution is 2.22. The first kappa shape index (κ1) is 10.4. The Morgan fingerprint density at radius 2 is 1.80 bits per heavy atom. The fourth-order valence-corrected chi connectivity index (χ4v) is 1.03. The zero-order valence-electron chi connectivity index (χ0n) is 4.84. The predicted octanol–water partition coefficient (Wildman–Crippen LogP) is 3.70. The molecule has 4 heteroatoms. The lowest BCUT2D eigenvalue weighted by Gasteiger charge is -1.93. The Morgan fingerprint density at radius 3 is 2.20 bits per heavy atom. The van der Waals surface area contributed by atoms with Gasteiger partial charge >= 0.3 is 0 Å². The largest absolute Gasteiger partial charge is 0.147 e. The van der Waals surface area contributed by atoms with E-state index in [9.17, 15) is 0 Å². The minimum Gasteiger partial charge on any atom is -0.147 e. The third-order valence-electron chi connectivity index (χ3n) is 0.910. The van der Waals surface area contributed by atoms with E-state index >= 15 is 0 Å². The molecule has 0 N–H and O–H groups in total. The molecule has 0 aliphatic rings. The normalized spacial score (nSPS) is 8.70. The van der Waals surface area contributed by atoms with E-state index in [-0.39, 0.29) is 12.4 Å². The summed E-state index contributed by atoms with van der Waals surface area (Å²) in [5.74, 6) is 0. The molecule has 0 aliphatic carbocycles. The maximum Gasteiger partial charge on any atom is 0.0554 e. The van der Waals surface area contributed by atoms with E-state index in [2.05, 4.69) is 12.6 Å². The van der Waals surface area contributed by atoms with Crippen molar-refractivity contribution in [2.45, 2.75) is 4.90 Å². The molecule has 56 valence electrons. The molecule has 0 saturated carbocycles. The molecule has 0 bridgehead atoms. The van der Waals surface area contributed by atoms with Crippen LogP contribution in [0.1, 0.15) is 0 Å². The van der Waals surface area contributed by atoms with E-state index in [0.717, 1.165) is 4.90 Å². The topological polar surface area (TPSA) is 0 Å². The van der Waals surface area contributed by atoms with E-state index in [4.69, 9.17) is 23.2 Å². The van der Waals surface area contributed by atoms with Crippen LogP contribution in [-0.4, -0.2) is 0 Å². The second-order valence-electron chi connectivity index (χ2n) is 1.60. The molecule has 0 aromatic heterocycles. The van der Waals surface area contributed by atoms with Crippen LogP contribution in [-0.2, 0) is 0 Å². The molecule has 10 heavy (non-hydrogen) atoms. The molecule has 1 aromatic rings. The molecular weight excluding hydrogens is 210 g/mol. The van der Waals surface area contributed by atoms with Crippen molar-refractivity contribution in [3.63, 3.8) is 0 Å². The van der Waals surface area contributed by atoms with Crippen molar-refractivity contribution in [1.82, 2.24) is 0 Å². The summed E-state index contributed by atoms with van der Waals surface area (Å²) in [4.78, 5) is 0.751. The van der Waals surface area contributed by atoms with Crippen LogP contribution < -0.4 is 0 Å². The first-order chi connectivity index (χ1) is 4.20. The molecule has 0 saturated heterocycles. The fourth-order valence-electron chi connectivity index (χ4n) is 0.481. The minimum atomic E-state index is 0. The number of hydrogen-bond donors (Lipinski definition) is 1. The third kappa shape index (κ3) is 2.59. The van der Waals surface area contributed by atoms with Crippen LogP contribution >= 0.6 is 48.2 Å². The molecule has 0 aliphatic heterocycles. The van der Waals surface area contributed by atoms with E-state index in [1.807, 2.05) is 0 Å². The fraction of sp³-hybridized carbons (Fsp3) is 0. The molecule has 1 aromatic carbocycles. The predicted molar refractivity (Wildman–Crippen MR) is 51.0 cm³/mol. The first-order valence-electron chi connectivity index (χ1n) is 2.34. The second kappa shape index (κ2) is 4.35. The van der Waals surface area contributed by atoms with Gasteiger partial charge in [-0.05, 0) is 18.2 Å². The quantitative estimate of drug-likeness (QED) is 0.627. The molecule has 0 radical (unpaired) electrons. The van der Waals surface area contributed by atoms with E-state index in [1.54, 1.807) is 18.2 Å². The second-order valence-corrected chi connectivity index (χ2v) is 2.92. The van der Waals surface area contributed by atoms with Crippen LogP contribution in [0.5, 0.6) is 0 Å². The summed E-state index contributed by atoms with van der Waals surface area (Å²) in [5, 5.41) is 1.23. The lowest BCUT2D eigenvalue weighted by molar-refractivity contribution is 1.48. The standard InChI is InChI=1S/C6H4Cl2S.ClH/c7-4-1-2-6(9)5(8)3-4;/h1-3,9H;1H. The Kier molecular flexibility index (Phi) is 4.54. The highest BCUT2D eigenvalue weighted by atomic mass is 35.5. The van der Waals surface area contributed by atoms with Gasteiger partial charge in [-0.1, -0.05) is 23.2 Å². The summed E-state index contributed by atoms with van der Waals surface area (Å²) < 4.78 is 0. The lowest BCUT2D eigenvalue weighted by Crippen LogP contribution is -1.67. The van der Waals surface area contributed by atoms with Crippen molar-refractivity contribution in [1.29, 1.82) is 0 Å². The van der Waals surface area contributed by atoms with Crippen molar-refractivity contribution in [3.8, 4) is 0 Å². The van der Waals surface area contributed by atoms with Gasteiger partial charge in [-0.25, -0.2) is 0 Å². The maximum absolute atomic E-state index is 5.65. The summed E-state index contributed by atoms with van der Waals surface area (Å²) in [6.45, 7) is 0. The Labute approximate surface area is 81.3 Å². The van der Waals surface area contributed by atoms with Gasteiger partial charge in [0.05, 0.1) is 5.02 Å². The summed E-state index contributed by atoms with van der Waals surface area (Å²) >= 11 is 15.3. The molecule has 0 atom stereocenters. The van der Waals surface area contributed by atoms with E-state index in [1.165, 1.54) is 0 Å². The minimum absolute atomic E-state index is 0. The van der Waals surface area contributed by atoms with Crippen molar-refractivity contribution >= 4 is 48.2 Å². The molecule has 0 heterocycles. The lowest BCUT2D eigenvalue weighted by atomic mass is 10.4. The van der Waals surface area contributed by atoms with Gasteiger partial charge in [0.15, 0.2) is 0 Å². The molecule has 0 spiro atoms. The van der Waals surface area contributed by atoms with Gasteiger partial charge < -0.3 is 0 Å². The van der Waals surface area contributed by atoms with Crippen LogP contribution in [0.15, 0.2) is 23.1 Å². The Bertz CT molecular complexity index is 224. The van der Waals surface area contributed by atoms with E-state index in [0.29, 0.717) is 10.0 Å². The smallest absolute Gasteiger partial charge is 0.0554 e. The van der Waals surface area contributed by atoms with Crippen LogP contribution in [0.25, 0.3) is 0 Å². The van der Waals surface area contributed by atoms with Gasteiger partial charge in [0, 0.05) is 9.92 Å². The first-order valence-corrected chi connectivity index (χ1v) is 3.54. The highest BCUT2D eigenvalue weighted by molar-refractivity contribution is 7.80. The number of hydrogen-bond acceptors (Lipinski definition) is 1. The molecule has 1 rings (SSSR count). The number of halogens is 3. The van der Waals surface area contributed by atoms with Crippen LogP contribution in [0.4, 0.5) is 0 Å². The van der Waals surface area contributed by atoms with Crippen LogP contribution in [0.3, 0.4) is 0 Å². The zero-order chi connectivity index (χ0) is 6.85.